The molecule has 13 heavy (non-hydrogen) atoms. The SMILES string of the molecule is [C-]#[N+]C(C(=O)CC)c1ccccc1. The summed E-state index contributed by atoms with van der Waals surface area (Å²) < 4.78 is 0. The molecule has 0 amide bonds. The average molecular weight is 173 g/mol. The fraction of sp³-hybridized carbons (Fsp3) is 0.273. The van der Waals surface area contributed by atoms with E-state index in [1.165, 1.54) is 0 Å². The Bertz CT molecular complexity index is 324. The van der Waals surface area contributed by atoms with Crippen molar-refractivity contribution < 1.29 is 4.79 Å². The van der Waals surface area contributed by atoms with E-state index in [2.05, 4.69) is 4.85 Å². The number of carbonyl (C=O) groups excluding carboxylic acids is 1. The Morgan fingerprint density at radius 1 is 1.46 bits per heavy atom. The summed E-state index contributed by atoms with van der Waals surface area (Å²) in [7, 11) is 0. The smallest absolute Gasteiger partial charge is 0.300 e. The van der Waals surface area contributed by atoms with E-state index in [0.717, 1.165) is 5.56 Å². The van der Waals surface area contributed by atoms with Crippen molar-refractivity contribution in [1.29, 1.82) is 0 Å². The maximum Gasteiger partial charge on any atom is 0.305 e. The first-order chi connectivity index (χ1) is 6.29. The molecule has 2 heteroatoms. The molecule has 0 aliphatic heterocycles. The monoisotopic (exact) mass is 173 g/mol. The summed E-state index contributed by atoms with van der Waals surface area (Å²) in [6, 6.07) is 8.59. The third kappa shape index (κ3) is 2.16. The van der Waals surface area contributed by atoms with Crippen LogP contribution in [0, 0.1) is 6.57 Å². The molecular formula is C11H11NO. The Kier molecular flexibility index (Phi) is 3.22. The van der Waals surface area contributed by atoms with Crippen LogP contribution >= 0.6 is 0 Å². The minimum Gasteiger partial charge on any atom is -0.300 e. The predicted octanol–water partition coefficient (Wildman–Crippen LogP) is 2.63. The van der Waals surface area contributed by atoms with Crippen molar-refractivity contribution in [2.75, 3.05) is 0 Å². The van der Waals surface area contributed by atoms with Crippen molar-refractivity contribution in [2.45, 2.75) is 19.4 Å². The first kappa shape index (κ1) is 9.47. The summed E-state index contributed by atoms with van der Waals surface area (Å²) in [6.45, 7) is 8.72. The largest absolute Gasteiger partial charge is 0.305 e. The van der Waals surface area contributed by atoms with Gasteiger partial charge in [0.2, 0.25) is 5.78 Å². The van der Waals surface area contributed by atoms with Crippen molar-refractivity contribution in [1.82, 2.24) is 0 Å². The Balaban J connectivity index is 2.93. The van der Waals surface area contributed by atoms with E-state index < -0.39 is 6.04 Å². The highest BCUT2D eigenvalue weighted by atomic mass is 16.1. The summed E-state index contributed by atoms with van der Waals surface area (Å²) in [5.41, 5.74) is 0.796. The highest BCUT2D eigenvalue weighted by Gasteiger charge is 2.22. The molecule has 0 bridgehead atoms. The number of hydrogen-bond donors (Lipinski definition) is 0. The van der Waals surface area contributed by atoms with Crippen LogP contribution in [0.5, 0.6) is 0 Å². The fourth-order valence-corrected chi connectivity index (χ4v) is 1.16. The number of carbonyl (C=O) groups is 1. The third-order valence-electron chi connectivity index (χ3n) is 1.90. The molecule has 1 unspecified atom stereocenters. The fourth-order valence-electron chi connectivity index (χ4n) is 1.16. The maximum absolute atomic E-state index is 11.3. The average Bonchev–Trinajstić information content (AvgIpc) is 2.20. The molecule has 0 saturated heterocycles. The summed E-state index contributed by atoms with van der Waals surface area (Å²) in [4.78, 5) is 14.7. The topological polar surface area (TPSA) is 21.4 Å². The minimum atomic E-state index is -0.605. The van der Waals surface area contributed by atoms with E-state index in [1.54, 1.807) is 6.92 Å². The number of hydrogen-bond acceptors (Lipinski definition) is 1. The number of benzene rings is 1. The lowest BCUT2D eigenvalue weighted by Crippen LogP contribution is -2.06. The van der Waals surface area contributed by atoms with Crippen LogP contribution in [0.25, 0.3) is 4.85 Å². The van der Waals surface area contributed by atoms with E-state index in [4.69, 9.17) is 6.57 Å². The van der Waals surface area contributed by atoms with E-state index in [9.17, 15) is 4.79 Å². The summed E-state index contributed by atoms with van der Waals surface area (Å²) in [5, 5.41) is 0. The molecule has 0 fully saturated rings. The molecule has 1 atom stereocenters. The molecule has 0 spiro atoms. The quantitative estimate of drug-likeness (QED) is 0.644. The molecule has 1 aromatic carbocycles. The Labute approximate surface area is 78.0 Å². The van der Waals surface area contributed by atoms with E-state index in [0.29, 0.717) is 6.42 Å². The van der Waals surface area contributed by atoms with Crippen molar-refractivity contribution in [2.24, 2.45) is 0 Å². The van der Waals surface area contributed by atoms with Crippen molar-refractivity contribution in [3.8, 4) is 0 Å². The molecule has 0 aliphatic carbocycles. The molecule has 1 rings (SSSR count). The Morgan fingerprint density at radius 2 is 2.08 bits per heavy atom. The first-order valence-corrected chi connectivity index (χ1v) is 4.23. The lowest BCUT2D eigenvalue weighted by Gasteiger charge is -2.01. The molecule has 2 nitrogen and oxygen atoms in total. The second-order valence-electron chi connectivity index (χ2n) is 2.76. The Hall–Kier alpha value is -1.62. The van der Waals surface area contributed by atoms with Crippen LogP contribution in [0.2, 0.25) is 0 Å². The standard InChI is InChI=1S/C11H11NO/c1-3-10(13)11(12-2)9-7-5-4-6-8-9/h4-8,11H,3H2,1H3. The van der Waals surface area contributed by atoms with Crippen molar-refractivity contribution in [3.05, 3.63) is 47.3 Å². The van der Waals surface area contributed by atoms with Gasteiger partial charge in [0.25, 0.3) is 0 Å². The molecule has 0 aromatic heterocycles. The number of ketones is 1. The molecule has 1 aromatic rings. The van der Waals surface area contributed by atoms with E-state index in [1.807, 2.05) is 30.3 Å². The first-order valence-electron chi connectivity index (χ1n) is 4.23. The van der Waals surface area contributed by atoms with Crippen LogP contribution in [0.3, 0.4) is 0 Å². The molecule has 0 heterocycles. The van der Waals surface area contributed by atoms with Crippen molar-refractivity contribution >= 4 is 5.78 Å². The van der Waals surface area contributed by atoms with E-state index >= 15 is 0 Å². The van der Waals surface area contributed by atoms with Gasteiger partial charge in [-0.15, -0.1) is 0 Å². The van der Waals surface area contributed by atoms with Crippen LogP contribution in [-0.4, -0.2) is 5.78 Å². The Morgan fingerprint density at radius 3 is 2.54 bits per heavy atom. The number of Topliss-reactive ketones (excluding diaryl/α,β-unsaturated/α-hetero) is 1. The van der Waals surface area contributed by atoms with Gasteiger partial charge in [0.05, 0.1) is 0 Å². The lowest BCUT2D eigenvalue weighted by molar-refractivity contribution is -0.119. The minimum absolute atomic E-state index is 0.0128. The summed E-state index contributed by atoms with van der Waals surface area (Å²) in [5.74, 6) is -0.0128. The molecular weight excluding hydrogens is 162 g/mol. The molecule has 66 valence electrons. The van der Waals surface area contributed by atoms with Gasteiger partial charge < -0.3 is 0 Å². The molecule has 0 saturated carbocycles. The third-order valence-corrected chi connectivity index (χ3v) is 1.90. The number of nitrogens with zero attached hydrogens (tertiary/aromatic N) is 1. The van der Waals surface area contributed by atoms with Gasteiger partial charge in [-0.05, 0) is 0 Å². The maximum atomic E-state index is 11.3. The number of rotatable bonds is 3. The zero-order valence-corrected chi connectivity index (χ0v) is 7.53. The molecule has 0 radical (unpaired) electrons. The zero-order valence-electron chi connectivity index (χ0n) is 7.53. The normalized spacial score (nSPS) is 11.7. The summed E-state index contributed by atoms with van der Waals surface area (Å²) >= 11 is 0. The highest BCUT2D eigenvalue weighted by Crippen LogP contribution is 2.18. The molecule has 0 aliphatic rings. The van der Waals surface area contributed by atoms with Gasteiger partial charge in [0.1, 0.15) is 0 Å². The van der Waals surface area contributed by atoms with Gasteiger partial charge in [-0.3, -0.25) is 9.64 Å². The highest BCUT2D eigenvalue weighted by molar-refractivity contribution is 5.86. The van der Waals surface area contributed by atoms with Crippen LogP contribution in [0.15, 0.2) is 30.3 Å². The van der Waals surface area contributed by atoms with Gasteiger partial charge in [0, 0.05) is 12.0 Å². The van der Waals surface area contributed by atoms with Crippen LogP contribution in [0.4, 0.5) is 0 Å². The van der Waals surface area contributed by atoms with Crippen LogP contribution < -0.4 is 0 Å². The predicted molar refractivity (Wildman–Crippen MR) is 51.1 cm³/mol. The zero-order chi connectivity index (χ0) is 9.68. The van der Waals surface area contributed by atoms with Crippen LogP contribution in [-0.2, 0) is 4.79 Å². The van der Waals surface area contributed by atoms with Gasteiger partial charge in [-0.25, -0.2) is 6.57 Å². The van der Waals surface area contributed by atoms with Gasteiger partial charge in [-0.1, -0.05) is 37.3 Å². The van der Waals surface area contributed by atoms with Gasteiger partial charge in [-0.2, -0.15) is 0 Å². The summed E-state index contributed by atoms with van der Waals surface area (Å²) in [6.07, 6.45) is 0.419. The second kappa shape index (κ2) is 4.42. The van der Waals surface area contributed by atoms with Crippen LogP contribution in [0.1, 0.15) is 24.9 Å². The van der Waals surface area contributed by atoms with Gasteiger partial charge >= 0.3 is 6.04 Å². The van der Waals surface area contributed by atoms with Gasteiger partial charge in [0.15, 0.2) is 0 Å². The molecule has 0 N–H and O–H groups in total. The second-order valence-corrected chi connectivity index (χ2v) is 2.76. The lowest BCUT2D eigenvalue weighted by atomic mass is 10.0. The van der Waals surface area contributed by atoms with Crippen molar-refractivity contribution in [3.63, 3.8) is 0 Å². The van der Waals surface area contributed by atoms with E-state index in [-0.39, 0.29) is 5.78 Å².